The fourth-order valence-electron chi connectivity index (χ4n) is 11.7. The molecule has 620 valence electrons. The van der Waals surface area contributed by atoms with Gasteiger partial charge in [-0.3, -0.25) is 18.8 Å². The van der Waals surface area contributed by atoms with Gasteiger partial charge in [0.15, 0.2) is 28.4 Å². The van der Waals surface area contributed by atoms with Crippen molar-refractivity contribution in [2.45, 2.75) is 51.4 Å². The van der Waals surface area contributed by atoms with Crippen molar-refractivity contribution in [1.29, 1.82) is 0 Å². The number of hydrogen-bond donors (Lipinski definition) is 0. The summed E-state index contributed by atoms with van der Waals surface area (Å²) >= 11 is 0. The van der Waals surface area contributed by atoms with Crippen LogP contribution in [-0.2, 0) is 28.6 Å². The Morgan fingerprint density at radius 2 is 0.866 bits per heavy atom. The fourth-order valence-corrected chi connectivity index (χ4v) is 13.1. The Bertz CT molecular complexity index is 5960. The SMILES string of the molecule is C=S1(=O)CCN(CCOc2noc3ccc(-c4ccc(OC(F)(F)F)cc4)cc23)CC1.CC(F)(F)c1ccnc(COc2noc3ccc(-c4ccc(OC(F)(F)F)cc4)cc23)n1.FC(F)(F)Oc1ccc(-c2ccc3onc(OCC4=CCN=C4)c3c2)cc1.Fc1cc(-c2ccc(OC(F)(F)F)cc2)cc2c(OCCn3cccn3)noc12. The minimum absolute atomic E-state index is 0.0385. The molecule has 39 heteroatoms. The number of ether oxygens (including phenoxy) is 8. The summed E-state index contributed by atoms with van der Waals surface area (Å²) in [7, 11) is -1.93. The Morgan fingerprint density at radius 3 is 1.29 bits per heavy atom. The van der Waals surface area contributed by atoms with Crippen LogP contribution in [0.4, 0.5) is 65.9 Å². The van der Waals surface area contributed by atoms with Gasteiger partial charge in [-0.05, 0) is 190 Å². The number of rotatable bonds is 23. The van der Waals surface area contributed by atoms with Crippen molar-refractivity contribution in [2.24, 2.45) is 4.99 Å². The lowest BCUT2D eigenvalue weighted by molar-refractivity contribution is -0.275. The summed E-state index contributed by atoms with van der Waals surface area (Å²) in [6.45, 7) is 4.70. The third-order valence-corrected chi connectivity index (χ3v) is 19.3. The zero-order valence-electron chi connectivity index (χ0n) is 61.5. The Labute approximate surface area is 662 Å². The molecule has 0 unspecified atom stereocenters. The van der Waals surface area contributed by atoms with E-state index in [9.17, 15) is 70.1 Å². The number of nitrogens with zero attached hydrogens (tertiary/aromatic N) is 10. The quantitative estimate of drug-likeness (QED) is 0.0426. The number of benzene rings is 8. The van der Waals surface area contributed by atoms with Crippen LogP contribution in [0.15, 0.2) is 229 Å². The molecule has 0 bridgehead atoms. The second-order valence-electron chi connectivity index (χ2n) is 26.0. The molecule has 6 aromatic heterocycles. The summed E-state index contributed by atoms with van der Waals surface area (Å²) in [6.07, 6.45) is -10.7. The van der Waals surface area contributed by atoms with E-state index in [1.54, 1.807) is 102 Å². The summed E-state index contributed by atoms with van der Waals surface area (Å²) in [6, 6.07) is 43.1. The molecule has 1 saturated heterocycles. The highest BCUT2D eigenvalue weighted by atomic mass is 32.2. The van der Waals surface area contributed by atoms with Crippen LogP contribution in [0.2, 0.25) is 0 Å². The average Bonchev–Trinajstić information content (AvgIpc) is 1.78. The van der Waals surface area contributed by atoms with Crippen molar-refractivity contribution in [1.82, 2.24) is 45.3 Å². The molecule has 0 N–H and O–H groups in total. The van der Waals surface area contributed by atoms with E-state index < -0.39 is 52.4 Å². The fraction of sp³-hybridized carbons (Fsp3) is 0.212. The van der Waals surface area contributed by atoms with E-state index in [1.807, 2.05) is 18.2 Å². The lowest BCUT2D eigenvalue weighted by atomic mass is 10.0. The third kappa shape index (κ3) is 23.3. The van der Waals surface area contributed by atoms with Gasteiger partial charge in [-0.15, -0.1) is 52.7 Å². The minimum Gasteiger partial charge on any atom is -0.474 e. The van der Waals surface area contributed by atoms with E-state index >= 15 is 0 Å². The molecule has 0 saturated carbocycles. The molecule has 119 heavy (non-hydrogen) atoms. The molecule has 0 amide bonds. The highest BCUT2D eigenvalue weighted by Crippen LogP contribution is 2.39. The molecule has 2 aliphatic rings. The number of hydrogen-bond acceptors (Lipinski definition) is 22. The first kappa shape index (κ1) is 83.6. The molecule has 14 aromatic rings. The molecule has 0 atom stereocenters. The zero-order valence-corrected chi connectivity index (χ0v) is 62.3. The van der Waals surface area contributed by atoms with Crippen LogP contribution in [0.3, 0.4) is 0 Å². The van der Waals surface area contributed by atoms with Crippen LogP contribution >= 0.6 is 0 Å². The van der Waals surface area contributed by atoms with Crippen molar-refractivity contribution < 1.29 is 126 Å². The number of alkyl halides is 14. The first-order valence-corrected chi connectivity index (χ1v) is 37.3. The maximum absolute atomic E-state index is 14.4. The molecule has 23 nitrogen and oxygen atoms in total. The second kappa shape index (κ2) is 35.6. The van der Waals surface area contributed by atoms with Crippen LogP contribution < -0.4 is 37.9 Å². The standard InChI is InChI=1S/C21H14F5N3O3.C21H21F3N2O4S.C19H13F4N3O3.C19H13F3N2O3/c1-20(22,23)17-8-9-27-18(28-17)11-30-19-15-10-13(4-7-16(15)32-29-19)12-2-5-14(6-3-12)31-21(24,25)26;1-31(27)12-9-26(10-13-31)8-11-28-20-18-14-16(4-7-19(18)30-25-20)15-2-5-17(6-3-15)29-21(22,23)24;20-16-11-13(12-2-4-14(5-3-12)28-19(21,22)23)10-15-17(16)29-25-18(15)27-9-8-26-7-1-6-24-26;20-19(21,22)26-15-4-1-13(2-5-15)14-3-6-17-16(9-14)18(24-27-17)25-11-12-7-8-23-10-12/h2-10H,11H2,1H3;2-7,14H,1,8-13H2;1-7,10-11H,8-9H2;1-7,9-10H,8,11H2. The highest BCUT2D eigenvalue weighted by Gasteiger charge is 2.35. The molecular weight excluding hydrogens is 1630 g/mol. The van der Waals surface area contributed by atoms with E-state index in [-0.39, 0.29) is 59.4 Å². The van der Waals surface area contributed by atoms with Crippen molar-refractivity contribution in [3.63, 3.8) is 0 Å². The van der Waals surface area contributed by atoms with E-state index in [2.05, 4.69) is 70.4 Å². The van der Waals surface area contributed by atoms with Gasteiger partial charge in [0, 0.05) is 68.4 Å². The number of aliphatic imine (C=N–C) groups is 1. The number of aromatic nitrogens is 8. The molecule has 2 aliphatic heterocycles. The average molecular weight is 1690 g/mol. The Morgan fingerprint density at radius 1 is 0.462 bits per heavy atom. The Kier molecular flexibility index (Phi) is 25.0. The van der Waals surface area contributed by atoms with Gasteiger partial charge in [0.25, 0.3) is 29.4 Å². The van der Waals surface area contributed by atoms with Gasteiger partial charge in [0.05, 0.1) is 34.6 Å². The molecule has 0 spiro atoms. The van der Waals surface area contributed by atoms with Crippen LogP contribution in [0, 0.1) is 5.82 Å². The van der Waals surface area contributed by atoms with E-state index in [0.717, 1.165) is 60.5 Å². The Hall–Kier alpha value is -13.3. The second-order valence-corrected chi connectivity index (χ2v) is 28.7. The predicted octanol–water partition coefficient (Wildman–Crippen LogP) is 19.3. The molecule has 0 radical (unpaired) electrons. The van der Waals surface area contributed by atoms with E-state index in [1.165, 1.54) is 72.9 Å². The zero-order chi connectivity index (χ0) is 84.3. The molecule has 8 aromatic carbocycles. The van der Waals surface area contributed by atoms with E-state index in [4.69, 9.17) is 37.0 Å². The summed E-state index contributed by atoms with van der Waals surface area (Å²) in [5, 5.41) is 21.7. The van der Waals surface area contributed by atoms with Gasteiger partial charge in [0.2, 0.25) is 5.58 Å². The lowest BCUT2D eigenvalue weighted by Crippen LogP contribution is -2.42. The first-order chi connectivity index (χ1) is 56.6. The summed E-state index contributed by atoms with van der Waals surface area (Å²) in [5.41, 5.74) is 7.16. The minimum atomic E-state index is -4.78. The predicted molar refractivity (Wildman–Crippen MR) is 402 cm³/mol. The molecular formula is C80H61F15N10O13S. The summed E-state index contributed by atoms with van der Waals surface area (Å²) in [5.74, 6) is 0.870. The monoisotopic (exact) mass is 1690 g/mol. The van der Waals surface area contributed by atoms with Gasteiger partial charge >= 0.3 is 25.4 Å². The van der Waals surface area contributed by atoms with Crippen molar-refractivity contribution in [3.05, 3.63) is 223 Å². The lowest BCUT2D eigenvalue weighted by Gasteiger charge is -2.28. The molecule has 16 rings (SSSR count). The first-order valence-electron chi connectivity index (χ1n) is 35.3. The third-order valence-electron chi connectivity index (χ3n) is 17.4. The normalized spacial score (nSPS) is 13.7. The van der Waals surface area contributed by atoms with Crippen LogP contribution in [0.5, 0.6) is 46.5 Å². The van der Waals surface area contributed by atoms with E-state index in [0.29, 0.717) is 122 Å². The van der Waals surface area contributed by atoms with Gasteiger partial charge in [-0.25, -0.2) is 14.4 Å². The smallest absolute Gasteiger partial charge is 0.474 e. The summed E-state index contributed by atoms with van der Waals surface area (Å²) < 4.78 is 261. The van der Waals surface area contributed by atoms with Crippen LogP contribution in [-0.4, -0.2) is 145 Å². The number of fused-ring (bicyclic) bond motifs is 4. The highest BCUT2D eigenvalue weighted by molar-refractivity contribution is 8.00. The number of halogens is 15. The van der Waals surface area contributed by atoms with Crippen LogP contribution in [0.25, 0.3) is 88.4 Å². The van der Waals surface area contributed by atoms with Gasteiger partial charge in [0.1, 0.15) is 55.1 Å². The van der Waals surface area contributed by atoms with Crippen molar-refractivity contribution in [3.8, 4) is 91.0 Å². The molecule has 8 heterocycles. The van der Waals surface area contributed by atoms with Gasteiger partial charge < -0.3 is 56.0 Å². The van der Waals surface area contributed by atoms with Crippen molar-refractivity contribution in [2.75, 3.05) is 57.5 Å². The Balaban J connectivity index is 0.000000138. The van der Waals surface area contributed by atoms with Crippen LogP contribution in [0.1, 0.15) is 18.4 Å². The molecule has 1 fully saturated rings. The van der Waals surface area contributed by atoms with Gasteiger partial charge in [-0.1, -0.05) is 72.8 Å². The largest absolute Gasteiger partial charge is 0.573 e. The topological polar surface area (TPSA) is 254 Å². The maximum Gasteiger partial charge on any atom is 0.573 e. The maximum atomic E-state index is 14.4. The molecule has 0 aliphatic carbocycles. The van der Waals surface area contributed by atoms with Crippen molar-refractivity contribution >= 4 is 65.5 Å². The summed E-state index contributed by atoms with van der Waals surface area (Å²) in [4.78, 5) is 14.0. The van der Waals surface area contributed by atoms with Gasteiger partial charge in [-0.2, -0.15) is 13.9 Å².